The number of rotatable bonds is 17. The second-order valence-corrected chi connectivity index (χ2v) is 6.09. The first-order valence-corrected chi connectivity index (χ1v) is 9.50. The molecule has 148 valence electrons. The molecule has 6 nitrogen and oxygen atoms in total. The van der Waals surface area contributed by atoms with Crippen LogP contribution in [0.2, 0.25) is 0 Å². The fourth-order valence-electron chi connectivity index (χ4n) is 2.38. The van der Waals surface area contributed by atoms with Crippen LogP contribution in [0.4, 0.5) is 0 Å². The number of nitro groups is 1. The first-order chi connectivity index (χ1) is 12.6. The Bertz CT molecular complexity index is 469. The summed E-state index contributed by atoms with van der Waals surface area (Å²) >= 11 is 0. The molecule has 0 fully saturated rings. The standard InChI is InChI=1S/C20H33NO5/c1-2-3-4-5-6-9-12-15-19(21(24)25)16-13-10-7-8-11-14-17-26-18-20(22)23/h3-4,6,9,15H,2,5,7-8,10-14,16-18H2,1H3,(H,22,23). The van der Waals surface area contributed by atoms with Gasteiger partial charge >= 0.3 is 5.97 Å². The largest absolute Gasteiger partial charge is 0.480 e. The van der Waals surface area contributed by atoms with Gasteiger partial charge in [-0.1, -0.05) is 56.9 Å². The first-order valence-electron chi connectivity index (χ1n) is 9.50. The zero-order valence-corrected chi connectivity index (χ0v) is 15.9. The molecule has 0 heterocycles. The lowest BCUT2D eigenvalue weighted by molar-refractivity contribution is -0.428. The third kappa shape index (κ3) is 16.9. The predicted octanol–water partition coefficient (Wildman–Crippen LogP) is 5.28. The van der Waals surface area contributed by atoms with Crippen LogP contribution in [-0.2, 0) is 9.53 Å². The maximum absolute atomic E-state index is 11.1. The quantitative estimate of drug-likeness (QED) is 0.163. The monoisotopic (exact) mass is 367 g/mol. The van der Waals surface area contributed by atoms with Crippen molar-refractivity contribution in [3.8, 4) is 0 Å². The van der Waals surface area contributed by atoms with E-state index in [1.807, 2.05) is 12.2 Å². The number of carboxylic acid groups (broad SMARTS) is 1. The molecule has 0 radical (unpaired) electrons. The Morgan fingerprint density at radius 2 is 1.62 bits per heavy atom. The molecule has 0 aromatic carbocycles. The fraction of sp³-hybridized carbons (Fsp3) is 0.650. The molecule has 0 saturated heterocycles. The molecule has 0 saturated carbocycles. The van der Waals surface area contributed by atoms with Crippen molar-refractivity contribution in [3.63, 3.8) is 0 Å². The predicted molar refractivity (Wildman–Crippen MR) is 104 cm³/mol. The molecule has 26 heavy (non-hydrogen) atoms. The smallest absolute Gasteiger partial charge is 0.329 e. The van der Waals surface area contributed by atoms with Crippen LogP contribution >= 0.6 is 0 Å². The summed E-state index contributed by atoms with van der Waals surface area (Å²) in [6.45, 7) is 2.33. The highest BCUT2D eigenvalue weighted by Crippen LogP contribution is 2.13. The van der Waals surface area contributed by atoms with Crippen molar-refractivity contribution in [2.75, 3.05) is 13.2 Å². The Morgan fingerprint density at radius 3 is 2.27 bits per heavy atom. The van der Waals surface area contributed by atoms with Crippen molar-refractivity contribution in [3.05, 3.63) is 46.2 Å². The third-order valence-corrected chi connectivity index (χ3v) is 3.76. The number of ether oxygens (including phenoxy) is 1. The molecule has 1 N–H and O–H groups in total. The minimum atomic E-state index is -0.941. The second kappa shape index (κ2) is 17.9. The van der Waals surface area contributed by atoms with Crippen LogP contribution in [0, 0.1) is 10.1 Å². The average molecular weight is 367 g/mol. The van der Waals surface area contributed by atoms with E-state index in [4.69, 9.17) is 9.84 Å². The van der Waals surface area contributed by atoms with E-state index in [1.165, 1.54) is 0 Å². The lowest BCUT2D eigenvalue weighted by Crippen LogP contribution is -2.07. The van der Waals surface area contributed by atoms with Gasteiger partial charge in [0, 0.05) is 13.0 Å². The Morgan fingerprint density at radius 1 is 1.00 bits per heavy atom. The molecule has 0 spiro atoms. The van der Waals surface area contributed by atoms with Gasteiger partial charge in [0.15, 0.2) is 0 Å². The van der Waals surface area contributed by atoms with E-state index in [0.717, 1.165) is 51.4 Å². The Kier molecular flexibility index (Phi) is 16.5. The van der Waals surface area contributed by atoms with Crippen LogP contribution in [0.3, 0.4) is 0 Å². The number of allylic oxidation sites excluding steroid dienone is 6. The number of carboxylic acids is 1. The van der Waals surface area contributed by atoms with Gasteiger partial charge in [0.25, 0.3) is 0 Å². The van der Waals surface area contributed by atoms with Gasteiger partial charge in [-0.2, -0.15) is 0 Å². The molecule has 0 aliphatic rings. The van der Waals surface area contributed by atoms with Crippen LogP contribution < -0.4 is 0 Å². The molecule has 0 unspecified atom stereocenters. The van der Waals surface area contributed by atoms with Gasteiger partial charge in [-0.3, -0.25) is 10.1 Å². The van der Waals surface area contributed by atoms with Crippen molar-refractivity contribution < 1.29 is 19.6 Å². The maximum Gasteiger partial charge on any atom is 0.329 e. The number of carbonyl (C=O) groups is 1. The van der Waals surface area contributed by atoms with Crippen LogP contribution in [-0.4, -0.2) is 29.2 Å². The third-order valence-electron chi connectivity index (χ3n) is 3.76. The SMILES string of the molecule is CCC=CCC=CCC=C(CCCCCCCCOCC(=O)O)[N+](=O)[O-]. The van der Waals surface area contributed by atoms with E-state index < -0.39 is 5.97 Å². The molecule has 0 aromatic rings. The van der Waals surface area contributed by atoms with Gasteiger partial charge in [0.05, 0.1) is 4.92 Å². The van der Waals surface area contributed by atoms with Gasteiger partial charge in [-0.25, -0.2) is 4.79 Å². The van der Waals surface area contributed by atoms with E-state index in [0.29, 0.717) is 25.1 Å². The fourth-order valence-corrected chi connectivity index (χ4v) is 2.38. The average Bonchev–Trinajstić information content (AvgIpc) is 2.60. The van der Waals surface area contributed by atoms with E-state index >= 15 is 0 Å². The van der Waals surface area contributed by atoms with Crippen LogP contribution in [0.25, 0.3) is 0 Å². The summed E-state index contributed by atoms with van der Waals surface area (Å²) < 4.78 is 4.96. The maximum atomic E-state index is 11.1. The van der Waals surface area contributed by atoms with E-state index in [9.17, 15) is 14.9 Å². The Hall–Kier alpha value is -1.95. The van der Waals surface area contributed by atoms with Crippen LogP contribution in [0.1, 0.15) is 71.1 Å². The van der Waals surface area contributed by atoms with Crippen molar-refractivity contribution in [1.82, 2.24) is 0 Å². The lowest BCUT2D eigenvalue weighted by atomic mass is 10.1. The summed E-state index contributed by atoms with van der Waals surface area (Å²) in [6, 6.07) is 0. The van der Waals surface area contributed by atoms with E-state index in [2.05, 4.69) is 19.1 Å². The highest BCUT2D eigenvalue weighted by Gasteiger charge is 2.08. The molecule has 0 aliphatic heterocycles. The molecule has 0 rings (SSSR count). The summed E-state index contributed by atoms with van der Waals surface area (Å²) in [5.74, 6) is -0.941. The molecule has 6 heteroatoms. The van der Waals surface area contributed by atoms with Crippen molar-refractivity contribution in [2.45, 2.75) is 71.1 Å². The van der Waals surface area contributed by atoms with Gasteiger partial charge in [-0.05, 0) is 38.2 Å². The van der Waals surface area contributed by atoms with Crippen molar-refractivity contribution >= 4 is 5.97 Å². The highest BCUT2D eigenvalue weighted by atomic mass is 16.6. The summed E-state index contributed by atoms with van der Waals surface area (Å²) in [6.07, 6.45) is 18.6. The molecule has 0 amide bonds. The van der Waals surface area contributed by atoms with Crippen molar-refractivity contribution in [2.24, 2.45) is 0 Å². The number of aliphatic carboxylic acids is 1. The van der Waals surface area contributed by atoms with E-state index in [1.54, 1.807) is 6.08 Å². The topological polar surface area (TPSA) is 89.7 Å². The second-order valence-electron chi connectivity index (χ2n) is 6.09. The normalized spacial score (nSPS) is 12.3. The minimum Gasteiger partial charge on any atom is -0.480 e. The highest BCUT2D eigenvalue weighted by molar-refractivity contribution is 5.67. The number of nitrogens with zero attached hydrogens (tertiary/aromatic N) is 1. The zero-order chi connectivity index (χ0) is 19.5. The Labute approximate surface area is 156 Å². The van der Waals surface area contributed by atoms with Gasteiger partial charge in [0.1, 0.15) is 6.61 Å². The number of unbranched alkanes of at least 4 members (excludes halogenated alkanes) is 5. The van der Waals surface area contributed by atoms with Crippen LogP contribution in [0.5, 0.6) is 0 Å². The van der Waals surface area contributed by atoms with Gasteiger partial charge in [-0.15, -0.1) is 0 Å². The molecule has 0 atom stereocenters. The summed E-state index contributed by atoms with van der Waals surface area (Å²) in [5.41, 5.74) is 0.306. The summed E-state index contributed by atoms with van der Waals surface area (Å²) in [5, 5.41) is 19.5. The number of hydrogen-bond acceptors (Lipinski definition) is 4. The first kappa shape index (κ1) is 24.1. The molecular weight excluding hydrogens is 334 g/mol. The van der Waals surface area contributed by atoms with Gasteiger partial charge < -0.3 is 9.84 Å². The molecular formula is C20H33NO5. The summed E-state index contributed by atoms with van der Waals surface area (Å²) in [4.78, 5) is 21.1. The van der Waals surface area contributed by atoms with Crippen molar-refractivity contribution in [1.29, 1.82) is 0 Å². The van der Waals surface area contributed by atoms with E-state index in [-0.39, 0.29) is 11.5 Å². The van der Waals surface area contributed by atoms with Crippen LogP contribution in [0.15, 0.2) is 36.1 Å². The summed E-state index contributed by atoms with van der Waals surface area (Å²) in [7, 11) is 0. The van der Waals surface area contributed by atoms with Gasteiger partial charge in [0.2, 0.25) is 5.70 Å². The zero-order valence-electron chi connectivity index (χ0n) is 15.9. The lowest BCUT2D eigenvalue weighted by Gasteiger charge is -2.02. The molecule has 0 aromatic heterocycles. The molecule has 0 aliphatic carbocycles. The Balaban J connectivity index is 3.74. The number of hydrogen-bond donors (Lipinski definition) is 1. The minimum absolute atomic E-state index is 0.235. The molecule has 0 bridgehead atoms.